The lowest BCUT2D eigenvalue weighted by molar-refractivity contribution is -0.112. The zero-order valence-electron chi connectivity index (χ0n) is 12.3. The van der Waals surface area contributed by atoms with Gasteiger partial charge in [0.15, 0.2) is 0 Å². The molecule has 1 amide bonds. The Bertz CT molecular complexity index is 462. The van der Waals surface area contributed by atoms with E-state index in [0.29, 0.717) is 18.4 Å². The minimum atomic E-state index is -0.726. The van der Waals surface area contributed by atoms with Crippen LogP contribution in [0.25, 0.3) is 0 Å². The molecule has 5 heteroatoms. The van der Waals surface area contributed by atoms with Crippen LogP contribution in [-0.2, 0) is 9.53 Å². The largest absolute Gasteiger partial charge is 0.508 e. The molecule has 0 heterocycles. The number of hydrogen-bond donors (Lipinski definition) is 1. The highest BCUT2D eigenvalue weighted by Crippen LogP contribution is 2.23. The fraction of sp³-hybridized carbons (Fsp3) is 0.467. The second-order valence-corrected chi connectivity index (χ2v) is 5.44. The maximum atomic E-state index is 12.1. The molecular weight excluding hydrogens is 258 g/mol. The number of aromatic hydroxyl groups is 1. The van der Waals surface area contributed by atoms with Gasteiger partial charge in [0.25, 0.3) is 0 Å². The van der Waals surface area contributed by atoms with Gasteiger partial charge in [0, 0.05) is 6.54 Å². The minimum absolute atomic E-state index is 0.110. The van der Waals surface area contributed by atoms with Gasteiger partial charge in [-0.2, -0.15) is 0 Å². The second-order valence-electron chi connectivity index (χ2n) is 5.44. The van der Waals surface area contributed by atoms with Crippen LogP contribution in [0, 0.1) is 0 Å². The molecule has 1 N–H and O–H groups in total. The first-order chi connectivity index (χ1) is 9.28. The van der Waals surface area contributed by atoms with Crippen molar-refractivity contribution in [2.75, 3.05) is 6.54 Å². The molecule has 0 aromatic heterocycles. The first kappa shape index (κ1) is 16.0. The van der Waals surface area contributed by atoms with Crippen molar-refractivity contribution in [1.82, 2.24) is 4.90 Å². The maximum Gasteiger partial charge on any atom is 0.411 e. The lowest BCUT2D eigenvalue weighted by Gasteiger charge is -2.30. The Morgan fingerprint density at radius 3 is 2.30 bits per heavy atom. The molecule has 1 rings (SSSR count). The van der Waals surface area contributed by atoms with Gasteiger partial charge in [-0.3, -0.25) is 4.90 Å². The molecule has 0 aliphatic heterocycles. The topological polar surface area (TPSA) is 66.8 Å². The maximum absolute atomic E-state index is 12.1. The van der Waals surface area contributed by atoms with Gasteiger partial charge in [-0.25, -0.2) is 4.79 Å². The Hall–Kier alpha value is -2.04. The van der Waals surface area contributed by atoms with Crippen LogP contribution in [0.5, 0.6) is 5.75 Å². The molecule has 0 spiro atoms. The van der Waals surface area contributed by atoms with Crippen molar-refractivity contribution in [3.63, 3.8) is 0 Å². The van der Waals surface area contributed by atoms with E-state index in [-0.39, 0.29) is 5.75 Å². The predicted octanol–water partition coefficient (Wildman–Crippen LogP) is 2.89. The van der Waals surface area contributed by atoms with Gasteiger partial charge in [0.2, 0.25) is 0 Å². The summed E-state index contributed by atoms with van der Waals surface area (Å²) >= 11 is 0. The Balaban J connectivity index is 2.98. The van der Waals surface area contributed by atoms with Crippen LogP contribution < -0.4 is 0 Å². The molecule has 0 saturated heterocycles. The number of ether oxygens (including phenoxy) is 1. The van der Waals surface area contributed by atoms with E-state index in [1.165, 1.54) is 17.0 Å². The van der Waals surface area contributed by atoms with Gasteiger partial charge >= 0.3 is 6.09 Å². The number of amides is 1. The Morgan fingerprint density at radius 1 is 1.35 bits per heavy atom. The van der Waals surface area contributed by atoms with Crippen molar-refractivity contribution in [3.05, 3.63) is 29.8 Å². The number of nitrogens with zero attached hydrogens (tertiary/aromatic N) is 1. The Kier molecular flexibility index (Phi) is 5.13. The zero-order chi connectivity index (χ0) is 15.3. The number of phenols is 1. The van der Waals surface area contributed by atoms with Gasteiger partial charge in [0.1, 0.15) is 23.7 Å². The van der Waals surface area contributed by atoms with E-state index in [1.807, 2.05) is 0 Å². The van der Waals surface area contributed by atoms with Gasteiger partial charge in [-0.05, 0) is 45.4 Å². The van der Waals surface area contributed by atoms with Crippen LogP contribution >= 0.6 is 0 Å². The summed E-state index contributed by atoms with van der Waals surface area (Å²) in [6.45, 7) is 7.44. The molecular formula is C15H21NO4. The number of hydrogen-bond acceptors (Lipinski definition) is 4. The zero-order valence-corrected chi connectivity index (χ0v) is 12.3. The number of likely N-dealkylation sites (N-methyl/N-ethyl adjacent to an activating group) is 1. The molecule has 1 aromatic rings. The van der Waals surface area contributed by atoms with Crippen molar-refractivity contribution in [2.45, 2.75) is 39.3 Å². The van der Waals surface area contributed by atoms with Crippen LogP contribution in [0.3, 0.4) is 0 Å². The van der Waals surface area contributed by atoms with Gasteiger partial charge < -0.3 is 14.6 Å². The number of phenolic OH excluding ortho intramolecular Hbond substituents is 1. The molecule has 1 unspecified atom stereocenters. The summed E-state index contributed by atoms with van der Waals surface area (Å²) in [5, 5.41) is 9.28. The number of carbonyl (C=O) groups excluding carboxylic acids is 2. The molecule has 1 aromatic carbocycles. The third kappa shape index (κ3) is 4.26. The smallest absolute Gasteiger partial charge is 0.411 e. The predicted molar refractivity (Wildman–Crippen MR) is 75.5 cm³/mol. The van der Waals surface area contributed by atoms with Crippen molar-refractivity contribution in [2.24, 2.45) is 0 Å². The average Bonchev–Trinajstić information content (AvgIpc) is 2.34. The van der Waals surface area contributed by atoms with Crippen molar-refractivity contribution < 1.29 is 19.4 Å². The highest BCUT2D eigenvalue weighted by Gasteiger charge is 2.28. The quantitative estimate of drug-likeness (QED) is 0.861. The first-order valence-corrected chi connectivity index (χ1v) is 6.52. The SMILES string of the molecule is CCN(C(=O)OC(C)(C)C)C(C=O)c1ccc(O)cc1. The Morgan fingerprint density at radius 2 is 1.90 bits per heavy atom. The van der Waals surface area contributed by atoms with Crippen LogP contribution in [0.15, 0.2) is 24.3 Å². The van der Waals surface area contributed by atoms with Crippen LogP contribution in [0.1, 0.15) is 39.3 Å². The lowest BCUT2D eigenvalue weighted by atomic mass is 10.1. The standard InChI is InChI=1S/C15H21NO4/c1-5-16(14(19)20-15(2,3)4)13(10-17)11-6-8-12(18)9-7-11/h6-10,13,18H,5H2,1-4H3. The molecule has 0 aliphatic rings. The van der Waals surface area contributed by atoms with Gasteiger partial charge in [0.05, 0.1) is 0 Å². The van der Waals surface area contributed by atoms with E-state index < -0.39 is 17.7 Å². The number of rotatable bonds is 4. The van der Waals surface area contributed by atoms with Crippen molar-refractivity contribution >= 4 is 12.4 Å². The number of benzene rings is 1. The van der Waals surface area contributed by atoms with E-state index in [1.54, 1.807) is 39.8 Å². The Labute approximate surface area is 119 Å². The third-order valence-corrected chi connectivity index (χ3v) is 2.67. The minimum Gasteiger partial charge on any atom is -0.508 e. The summed E-state index contributed by atoms with van der Waals surface area (Å²) in [5.74, 6) is 0.110. The van der Waals surface area contributed by atoms with E-state index >= 15 is 0 Å². The fourth-order valence-corrected chi connectivity index (χ4v) is 1.76. The highest BCUT2D eigenvalue weighted by atomic mass is 16.6. The van der Waals surface area contributed by atoms with E-state index in [4.69, 9.17) is 4.74 Å². The van der Waals surface area contributed by atoms with Gasteiger partial charge in [-0.1, -0.05) is 12.1 Å². The molecule has 1 atom stereocenters. The van der Waals surface area contributed by atoms with Crippen LogP contribution in [0.4, 0.5) is 4.79 Å². The fourth-order valence-electron chi connectivity index (χ4n) is 1.76. The number of aldehydes is 1. The molecule has 110 valence electrons. The normalized spacial score (nSPS) is 12.6. The molecule has 0 radical (unpaired) electrons. The van der Waals surface area contributed by atoms with E-state index in [2.05, 4.69) is 0 Å². The summed E-state index contributed by atoms with van der Waals surface area (Å²) in [6.07, 6.45) is 0.157. The summed E-state index contributed by atoms with van der Waals surface area (Å²) < 4.78 is 5.30. The second kappa shape index (κ2) is 6.41. The number of carbonyl (C=O) groups is 2. The molecule has 0 fully saturated rings. The average molecular weight is 279 g/mol. The summed E-state index contributed by atoms with van der Waals surface area (Å²) in [5.41, 5.74) is 0.0119. The van der Waals surface area contributed by atoms with Crippen molar-refractivity contribution in [1.29, 1.82) is 0 Å². The molecule has 20 heavy (non-hydrogen) atoms. The van der Waals surface area contributed by atoms with Gasteiger partial charge in [-0.15, -0.1) is 0 Å². The van der Waals surface area contributed by atoms with Crippen molar-refractivity contribution in [3.8, 4) is 5.75 Å². The van der Waals surface area contributed by atoms with Crippen LogP contribution in [0.2, 0.25) is 0 Å². The third-order valence-electron chi connectivity index (χ3n) is 2.67. The van der Waals surface area contributed by atoms with E-state index in [0.717, 1.165) is 0 Å². The summed E-state index contributed by atoms with van der Waals surface area (Å²) in [4.78, 5) is 24.8. The van der Waals surface area contributed by atoms with Crippen LogP contribution in [-0.4, -0.2) is 34.5 Å². The lowest BCUT2D eigenvalue weighted by Crippen LogP contribution is -2.39. The summed E-state index contributed by atoms with van der Waals surface area (Å²) in [6, 6.07) is 5.46. The van der Waals surface area contributed by atoms with E-state index in [9.17, 15) is 14.7 Å². The molecule has 5 nitrogen and oxygen atoms in total. The molecule has 0 bridgehead atoms. The molecule has 0 aliphatic carbocycles. The summed E-state index contributed by atoms with van der Waals surface area (Å²) in [7, 11) is 0. The first-order valence-electron chi connectivity index (χ1n) is 6.52. The molecule has 0 saturated carbocycles. The monoisotopic (exact) mass is 279 g/mol. The highest BCUT2D eigenvalue weighted by molar-refractivity contribution is 5.75.